The van der Waals surface area contributed by atoms with Gasteiger partial charge in [-0.2, -0.15) is 4.31 Å². The first-order valence-electron chi connectivity index (χ1n) is 5.43. The molecule has 5 nitrogen and oxygen atoms in total. The van der Waals surface area contributed by atoms with Gasteiger partial charge in [-0.3, -0.25) is 0 Å². The van der Waals surface area contributed by atoms with Crippen LogP contribution in [-0.4, -0.2) is 50.3 Å². The summed E-state index contributed by atoms with van der Waals surface area (Å²) in [6, 6.07) is 0.00397. The number of ether oxygens (including phenoxy) is 1. The molecule has 2 atom stereocenters. The van der Waals surface area contributed by atoms with E-state index in [0.29, 0.717) is 32.7 Å². The van der Waals surface area contributed by atoms with E-state index in [-0.39, 0.29) is 23.7 Å². The second-order valence-corrected chi connectivity index (χ2v) is 6.50. The average molecular weight is 271 g/mol. The fourth-order valence-electron chi connectivity index (χ4n) is 2.14. The van der Waals surface area contributed by atoms with Crippen LogP contribution < -0.4 is 5.73 Å². The van der Waals surface area contributed by atoms with Crippen molar-refractivity contribution in [2.75, 3.05) is 26.3 Å². The van der Waals surface area contributed by atoms with Crippen LogP contribution in [0.4, 0.5) is 0 Å². The maximum absolute atomic E-state index is 12.1. The van der Waals surface area contributed by atoms with Crippen molar-refractivity contribution in [3.05, 3.63) is 0 Å². The average Bonchev–Trinajstić information content (AvgIpc) is 2.67. The van der Waals surface area contributed by atoms with E-state index in [1.54, 1.807) is 0 Å². The van der Waals surface area contributed by atoms with E-state index in [9.17, 15) is 8.42 Å². The molecule has 0 saturated carbocycles. The van der Waals surface area contributed by atoms with Gasteiger partial charge < -0.3 is 10.5 Å². The fourth-order valence-corrected chi connectivity index (χ4v) is 4.06. The van der Waals surface area contributed by atoms with Gasteiger partial charge in [0.25, 0.3) is 0 Å². The lowest BCUT2D eigenvalue weighted by atomic mass is 10.2. The molecule has 2 fully saturated rings. The molecule has 0 spiro atoms. The first kappa shape index (κ1) is 14.2. The van der Waals surface area contributed by atoms with Crippen molar-refractivity contribution in [2.24, 2.45) is 5.73 Å². The van der Waals surface area contributed by atoms with Crippen LogP contribution in [0.25, 0.3) is 0 Å². The molecule has 96 valence electrons. The van der Waals surface area contributed by atoms with Gasteiger partial charge in [0.1, 0.15) is 0 Å². The molecule has 16 heavy (non-hydrogen) atoms. The lowest BCUT2D eigenvalue weighted by Crippen LogP contribution is -2.42. The summed E-state index contributed by atoms with van der Waals surface area (Å²) < 4.78 is 31.0. The van der Waals surface area contributed by atoms with Crippen LogP contribution in [0.3, 0.4) is 0 Å². The zero-order chi connectivity index (χ0) is 10.9. The molecule has 2 aliphatic heterocycles. The van der Waals surface area contributed by atoms with Crippen LogP contribution >= 0.6 is 12.4 Å². The molecule has 0 aromatic rings. The molecule has 2 N–H and O–H groups in total. The Kier molecular flexibility index (Phi) is 5.00. The van der Waals surface area contributed by atoms with Crippen molar-refractivity contribution in [1.29, 1.82) is 0 Å². The highest BCUT2D eigenvalue weighted by atomic mass is 35.5. The molecular formula is C9H19ClN2O3S. The zero-order valence-electron chi connectivity index (χ0n) is 9.17. The third kappa shape index (κ3) is 2.87. The molecule has 0 bridgehead atoms. The fraction of sp³-hybridized carbons (Fsp3) is 1.00. The van der Waals surface area contributed by atoms with Crippen molar-refractivity contribution in [1.82, 2.24) is 4.31 Å². The predicted molar refractivity (Wildman–Crippen MR) is 64.2 cm³/mol. The normalized spacial score (nSPS) is 32.3. The van der Waals surface area contributed by atoms with Crippen molar-refractivity contribution < 1.29 is 13.2 Å². The largest absolute Gasteiger partial charge is 0.380 e. The number of halogens is 1. The standard InChI is InChI=1S/C9H18N2O3S.ClH/c10-8-3-4-11(6-8)15(12,13)9-2-1-5-14-7-9;/h8-9H,1-7,10H2;1H. The topological polar surface area (TPSA) is 72.6 Å². The summed E-state index contributed by atoms with van der Waals surface area (Å²) in [5, 5.41) is -0.350. The molecule has 0 aromatic carbocycles. The van der Waals surface area contributed by atoms with Gasteiger partial charge >= 0.3 is 0 Å². The molecule has 2 heterocycles. The van der Waals surface area contributed by atoms with Crippen molar-refractivity contribution >= 4 is 22.4 Å². The summed E-state index contributed by atoms with van der Waals surface area (Å²) in [4.78, 5) is 0. The Bertz CT molecular complexity index is 306. The Morgan fingerprint density at radius 2 is 2.06 bits per heavy atom. The van der Waals surface area contributed by atoms with Crippen molar-refractivity contribution in [3.8, 4) is 0 Å². The number of nitrogens with zero attached hydrogens (tertiary/aromatic N) is 1. The second-order valence-electron chi connectivity index (χ2n) is 4.29. The highest BCUT2D eigenvalue weighted by Gasteiger charge is 2.36. The number of nitrogens with two attached hydrogens (primary N) is 1. The molecular weight excluding hydrogens is 252 g/mol. The number of rotatable bonds is 2. The molecule has 0 aromatic heterocycles. The van der Waals surface area contributed by atoms with Crippen molar-refractivity contribution in [3.63, 3.8) is 0 Å². The smallest absolute Gasteiger partial charge is 0.219 e. The maximum atomic E-state index is 12.1. The monoisotopic (exact) mass is 270 g/mol. The third-order valence-corrected chi connectivity index (χ3v) is 5.35. The van der Waals surface area contributed by atoms with Gasteiger partial charge in [0.15, 0.2) is 0 Å². The van der Waals surface area contributed by atoms with E-state index < -0.39 is 10.0 Å². The molecule has 0 radical (unpaired) electrons. The maximum Gasteiger partial charge on any atom is 0.219 e. The Morgan fingerprint density at radius 1 is 1.31 bits per heavy atom. The lowest BCUT2D eigenvalue weighted by Gasteiger charge is -2.26. The Morgan fingerprint density at radius 3 is 2.56 bits per heavy atom. The molecule has 2 rings (SSSR count). The lowest BCUT2D eigenvalue weighted by molar-refractivity contribution is 0.0977. The molecule has 2 saturated heterocycles. The van der Waals surface area contributed by atoms with Crippen LogP contribution in [0.2, 0.25) is 0 Å². The highest BCUT2D eigenvalue weighted by molar-refractivity contribution is 7.89. The predicted octanol–water partition coefficient (Wildman–Crippen LogP) is -0.0500. The van der Waals surface area contributed by atoms with Crippen LogP contribution in [-0.2, 0) is 14.8 Å². The summed E-state index contributed by atoms with van der Waals surface area (Å²) in [5.74, 6) is 0. The number of hydrogen-bond acceptors (Lipinski definition) is 4. The van der Waals surface area contributed by atoms with Gasteiger partial charge in [-0.25, -0.2) is 8.42 Å². The summed E-state index contributed by atoms with van der Waals surface area (Å²) in [6.07, 6.45) is 2.32. The van der Waals surface area contributed by atoms with Gasteiger partial charge in [0.2, 0.25) is 10.0 Å². The van der Waals surface area contributed by atoms with Gasteiger partial charge in [0, 0.05) is 25.7 Å². The number of sulfonamides is 1. The first-order chi connectivity index (χ1) is 7.10. The van der Waals surface area contributed by atoms with E-state index in [1.807, 2.05) is 0 Å². The molecule has 0 amide bonds. The minimum absolute atomic E-state index is 0. The number of hydrogen-bond donors (Lipinski definition) is 1. The van der Waals surface area contributed by atoms with E-state index in [0.717, 1.165) is 12.8 Å². The van der Waals surface area contributed by atoms with Gasteiger partial charge in [-0.05, 0) is 19.3 Å². The SMILES string of the molecule is Cl.NC1CCN(S(=O)(=O)C2CCCOC2)C1. The van der Waals surface area contributed by atoms with E-state index in [2.05, 4.69) is 0 Å². The third-order valence-electron chi connectivity index (χ3n) is 3.09. The van der Waals surface area contributed by atoms with Crippen molar-refractivity contribution in [2.45, 2.75) is 30.6 Å². The van der Waals surface area contributed by atoms with Gasteiger partial charge in [0.05, 0.1) is 11.9 Å². The first-order valence-corrected chi connectivity index (χ1v) is 6.93. The van der Waals surface area contributed by atoms with Crippen LogP contribution in [0, 0.1) is 0 Å². The molecule has 0 aliphatic carbocycles. The van der Waals surface area contributed by atoms with E-state index >= 15 is 0 Å². The summed E-state index contributed by atoms with van der Waals surface area (Å²) in [6.45, 7) is 2.07. The minimum atomic E-state index is -3.17. The molecule has 2 unspecified atom stereocenters. The quantitative estimate of drug-likeness (QED) is 0.764. The summed E-state index contributed by atoms with van der Waals surface area (Å²) in [5.41, 5.74) is 5.71. The molecule has 7 heteroatoms. The van der Waals surface area contributed by atoms with Gasteiger partial charge in [-0.1, -0.05) is 0 Å². The Balaban J connectivity index is 0.00000128. The van der Waals surface area contributed by atoms with Gasteiger partial charge in [-0.15, -0.1) is 12.4 Å². The van der Waals surface area contributed by atoms with E-state index in [4.69, 9.17) is 10.5 Å². The highest BCUT2D eigenvalue weighted by Crippen LogP contribution is 2.21. The Labute approximate surface area is 103 Å². The minimum Gasteiger partial charge on any atom is -0.380 e. The van der Waals surface area contributed by atoms with Crippen LogP contribution in [0.5, 0.6) is 0 Å². The summed E-state index contributed by atoms with van der Waals surface area (Å²) in [7, 11) is -3.17. The van der Waals surface area contributed by atoms with Crippen LogP contribution in [0.1, 0.15) is 19.3 Å². The summed E-state index contributed by atoms with van der Waals surface area (Å²) >= 11 is 0. The second kappa shape index (κ2) is 5.64. The Hall–Kier alpha value is 0.120. The van der Waals surface area contributed by atoms with Crippen LogP contribution in [0.15, 0.2) is 0 Å². The zero-order valence-corrected chi connectivity index (χ0v) is 10.8. The van der Waals surface area contributed by atoms with E-state index in [1.165, 1.54) is 4.31 Å². The molecule has 2 aliphatic rings.